The molecule has 1 aliphatic rings. The van der Waals surface area contributed by atoms with E-state index in [0.717, 1.165) is 36.2 Å². The molecular weight excluding hydrogens is 232 g/mol. The van der Waals surface area contributed by atoms with E-state index >= 15 is 0 Å². The smallest absolute Gasteiger partial charge is 0.0884 e. The van der Waals surface area contributed by atoms with Crippen molar-refractivity contribution < 1.29 is 5.11 Å². The van der Waals surface area contributed by atoms with Crippen LogP contribution in [0.15, 0.2) is 24.5 Å². The number of nitrogens with zero attached hydrogens (tertiary/aromatic N) is 1. The fraction of sp³-hybridized carbons (Fsp3) is 0.538. The maximum atomic E-state index is 10.4. The molecule has 1 aliphatic carbocycles. The maximum absolute atomic E-state index is 10.4. The highest BCUT2D eigenvalue weighted by Crippen LogP contribution is 2.40. The molecule has 92 valence electrons. The van der Waals surface area contributed by atoms with E-state index < -0.39 is 11.5 Å². The van der Waals surface area contributed by atoms with Crippen molar-refractivity contribution in [2.24, 2.45) is 0 Å². The summed E-state index contributed by atoms with van der Waals surface area (Å²) in [5.74, 6) is 0. The second-order valence-electron chi connectivity index (χ2n) is 4.55. The number of thiocarbonyl (C=S) groups is 1. The molecule has 1 fully saturated rings. The SMILES string of the molecule is CNC(=S)[C@]1(c2cccnc2)CCCC[C@H]1O. The van der Waals surface area contributed by atoms with Gasteiger partial charge in [-0.25, -0.2) is 0 Å². The third-order valence-electron chi connectivity index (χ3n) is 3.68. The summed E-state index contributed by atoms with van der Waals surface area (Å²) in [6, 6.07) is 3.90. The normalized spacial score (nSPS) is 28.7. The van der Waals surface area contributed by atoms with Gasteiger partial charge in [-0.05, 0) is 24.5 Å². The number of rotatable bonds is 2. The van der Waals surface area contributed by atoms with Crippen LogP contribution in [0.1, 0.15) is 31.2 Å². The minimum Gasteiger partial charge on any atom is -0.392 e. The van der Waals surface area contributed by atoms with E-state index in [4.69, 9.17) is 12.2 Å². The molecule has 17 heavy (non-hydrogen) atoms. The lowest BCUT2D eigenvalue weighted by molar-refractivity contribution is 0.0776. The molecule has 2 rings (SSSR count). The number of hydrogen-bond acceptors (Lipinski definition) is 3. The standard InChI is InChI=1S/C13H18N2OS/c1-14-12(17)13(7-3-2-6-11(13)16)10-5-4-8-15-9-10/h4-5,8-9,11,16H,2-3,6-7H2,1H3,(H,14,17)/t11-,13+/m1/s1. The van der Waals surface area contributed by atoms with Crippen LogP contribution >= 0.6 is 12.2 Å². The van der Waals surface area contributed by atoms with Crippen molar-refractivity contribution in [3.8, 4) is 0 Å². The lowest BCUT2D eigenvalue weighted by atomic mass is 9.67. The van der Waals surface area contributed by atoms with Gasteiger partial charge in [0.05, 0.1) is 16.5 Å². The predicted octanol–water partition coefficient (Wildman–Crippen LogP) is 1.80. The molecule has 1 aromatic rings. The van der Waals surface area contributed by atoms with Crippen LogP contribution in [0, 0.1) is 0 Å². The summed E-state index contributed by atoms with van der Waals surface area (Å²) >= 11 is 5.45. The number of nitrogens with one attached hydrogen (secondary N) is 1. The Morgan fingerprint density at radius 3 is 3.00 bits per heavy atom. The molecule has 1 saturated carbocycles. The van der Waals surface area contributed by atoms with E-state index in [-0.39, 0.29) is 0 Å². The van der Waals surface area contributed by atoms with Crippen molar-refractivity contribution in [2.75, 3.05) is 7.05 Å². The van der Waals surface area contributed by atoms with Gasteiger partial charge in [-0.2, -0.15) is 0 Å². The Kier molecular flexibility index (Phi) is 3.74. The summed E-state index contributed by atoms with van der Waals surface area (Å²) in [7, 11) is 1.82. The average Bonchev–Trinajstić information content (AvgIpc) is 2.39. The summed E-state index contributed by atoms with van der Waals surface area (Å²) in [5, 5.41) is 13.5. The van der Waals surface area contributed by atoms with Crippen LogP contribution in [0.25, 0.3) is 0 Å². The minimum atomic E-state index is -0.448. The summed E-state index contributed by atoms with van der Waals surface area (Å²) in [5.41, 5.74) is 0.572. The van der Waals surface area contributed by atoms with E-state index in [1.165, 1.54) is 0 Å². The van der Waals surface area contributed by atoms with E-state index in [2.05, 4.69) is 10.3 Å². The highest BCUT2D eigenvalue weighted by molar-refractivity contribution is 7.80. The monoisotopic (exact) mass is 250 g/mol. The quantitative estimate of drug-likeness (QED) is 0.786. The number of aromatic nitrogens is 1. The van der Waals surface area contributed by atoms with Gasteiger partial charge in [-0.1, -0.05) is 31.1 Å². The van der Waals surface area contributed by atoms with Crippen molar-refractivity contribution in [3.63, 3.8) is 0 Å². The lowest BCUT2D eigenvalue weighted by Gasteiger charge is -2.42. The second-order valence-corrected chi connectivity index (χ2v) is 4.96. The molecule has 3 nitrogen and oxygen atoms in total. The third kappa shape index (κ3) is 2.07. The first-order chi connectivity index (χ1) is 8.21. The average molecular weight is 250 g/mol. The number of hydrogen-bond donors (Lipinski definition) is 2. The highest BCUT2D eigenvalue weighted by Gasteiger charge is 2.44. The maximum Gasteiger partial charge on any atom is 0.0884 e. The van der Waals surface area contributed by atoms with E-state index in [1.807, 2.05) is 25.4 Å². The van der Waals surface area contributed by atoms with Gasteiger partial charge >= 0.3 is 0 Å². The van der Waals surface area contributed by atoms with Crippen LogP contribution in [0.3, 0.4) is 0 Å². The van der Waals surface area contributed by atoms with Gasteiger partial charge in [0.2, 0.25) is 0 Å². The highest BCUT2D eigenvalue weighted by atomic mass is 32.1. The molecule has 0 aliphatic heterocycles. The van der Waals surface area contributed by atoms with Gasteiger partial charge in [-0.3, -0.25) is 4.98 Å². The van der Waals surface area contributed by atoms with Gasteiger partial charge in [0.15, 0.2) is 0 Å². The molecular formula is C13H18N2OS. The zero-order valence-electron chi connectivity index (χ0n) is 10.0. The summed E-state index contributed by atoms with van der Waals surface area (Å²) in [4.78, 5) is 4.88. The lowest BCUT2D eigenvalue weighted by Crippen LogP contribution is -2.52. The van der Waals surface area contributed by atoms with Crippen LogP contribution in [-0.4, -0.2) is 28.2 Å². The van der Waals surface area contributed by atoms with Gasteiger partial charge in [0.25, 0.3) is 0 Å². The molecule has 1 aromatic heterocycles. The second kappa shape index (κ2) is 5.10. The van der Waals surface area contributed by atoms with E-state index in [1.54, 1.807) is 6.20 Å². The Balaban J connectivity index is 2.46. The van der Waals surface area contributed by atoms with Crippen molar-refractivity contribution in [1.29, 1.82) is 0 Å². The van der Waals surface area contributed by atoms with Crippen LogP contribution in [-0.2, 0) is 5.41 Å². The van der Waals surface area contributed by atoms with Crippen LogP contribution < -0.4 is 5.32 Å². The Morgan fingerprint density at radius 2 is 2.41 bits per heavy atom. The molecule has 4 heteroatoms. The molecule has 1 heterocycles. The van der Waals surface area contributed by atoms with Gasteiger partial charge < -0.3 is 10.4 Å². The molecule has 0 spiro atoms. The molecule has 2 N–H and O–H groups in total. The first-order valence-electron chi connectivity index (χ1n) is 6.02. The third-order valence-corrected chi connectivity index (χ3v) is 4.24. The molecule has 0 saturated heterocycles. The Bertz CT molecular complexity index is 396. The summed E-state index contributed by atoms with van der Waals surface area (Å²) < 4.78 is 0. The zero-order chi connectivity index (χ0) is 12.3. The first-order valence-corrected chi connectivity index (χ1v) is 6.43. The van der Waals surface area contributed by atoms with Gasteiger partial charge in [0, 0.05) is 19.4 Å². The molecule has 0 bridgehead atoms. The molecule has 0 unspecified atom stereocenters. The summed E-state index contributed by atoms with van der Waals surface area (Å²) in [6.07, 6.45) is 6.99. The minimum absolute atomic E-state index is 0.416. The van der Waals surface area contributed by atoms with Crippen molar-refractivity contribution in [1.82, 2.24) is 10.3 Å². The van der Waals surface area contributed by atoms with Gasteiger partial charge in [0.1, 0.15) is 0 Å². The number of aliphatic hydroxyl groups is 1. The number of pyridine rings is 1. The fourth-order valence-electron chi connectivity index (χ4n) is 2.74. The van der Waals surface area contributed by atoms with Crippen LogP contribution in [0.4, 0.5) is 0 Å². The van der Waals surface area contributed by atoms with Crippen molar-refractivity contribution >= 4 is 17.2 Å². The van der Waals surface area contributed by atoms with Crippen molar-refractivity contribution in [3.05, 3.63) is 30.1 Å². The zero-order valence-corrected chi connectivity index (χ0v) is 10.8. The van der Waals surface area contributed by atoms with Crippen LogP contribution in [0.2, 0.25) is 0 Å². The van der Waals surface area contributed by atoms with Crippen LogP contribution in [0.5, 0.6) is 0 Å². The Morgan fingerprint density at radius 1 is 1.59 bits per heavy atom. The fourth-order valence-corrected chi connectivity index (χ4v) is 3.09. The van der Waals surface area contributed by atoms with Crippen molar-refractivity contribution in [2.45, 2.75) is 37.2 Å². The van der Waals surface area contributed by atoms with E-state index in [9.17, 15) is 5.11 Å². The Labute approximate surface area is 107 Å². The molecule has 0 radical (unpaired) electrons. The number of likely N-dealkylation sites (N-methyl/N-ethyl adjacent to an activating group) is 1. The predicted molar refractivity (Wildman–Crippen MR) is 72.0 cm³/mol. The van der Waals surface area contributed by atoms with Gasteiger partial charge in [-0.15, -0.1) is 0 Å². The largest absolute Gasteiger partial charge is 0.392 e. The first kappa shape index (κ1) is 12.5. The Hall–Kier alpha value is -1.00. The van der Waals surface area contributed by atoms with E-state index in [0.29, 0.717) is 0 Å². The summed E-state index contributed by atoms with van der Waals surface area (Å²) in [6.45, 7) is 0. The molecule has 0 aromatic carbocycles. The molecule has 2 atom stereocenters. The molecule has 0 amide bonds. The number of aliphatic hydroxyl groups excluding tert-OH is 1. The topological polar surface area (TPSA) is 45.2 Å².